The molecule has 6 heteroatoms. The van der Waals surface area contributed by atoms with Gasteiger partial charge in [0.05, 0.1) is 5.69 Å². The molecule has 0 bridgehead atoms. The van der Waals surface area contributed by atoms with E-state index in [0.717, 1.165) is 17.7 Å². The van der Waals surface area contributed by atoms with E-state index in [1.165, 1.54) is 6.07 Å². The van der Waals surface area contributed by atoms with Gasteiger partial charge >= 0.3 is 0 Å². The van der Waals surface area contributed by atoms with Crippen LogP contribution in [0.5, 0.6) is 0 Å². The molecule has 1 fully saturated rings. The van der Waals surface area contributed by atoms with Crippen LogP contribution in [0.1, 0.15) is 22.8 Å². The van der Waals surface area contributed by atoms with Gasteiger partial charge in [-0.25, -0.2) is 4.39 Å². The summed E-state index contributed by atoms with van der Waals surface area (Å²) in [7, 11) is 0. The fraction of sp³-hybridized carbons (Fsp3) is 0.333. The summed E-state index contributed by atoms with van der Waals surface area (Å²) in [6.07, 6.45) is 0.775. The average molecular weight is 367 g/mol. The predicted octanol–water partition coefficient (Wildman–Crippen LogP) is 2.70. The van der Waals surface area contributed by atoms with Crippen molar-refractivity contribution in [3.63, 3.8) is 0 Å². The summed E-state index contributed by atoms with van der Waals surface area (Å²) in [4.78, 5) is 30.1. The first kappa shape index (κ1) is 17.5. The molecular weight excluding hydrogens is 345 g/mol. The number of carbonyl (C=O) groups is 2. The number of anilines is 2. The van der Waals surface area contributed by atoms with Gasteiger partial charge in [-0.2, -0.15) is 0 Å². The zero-order valence-corrected chi connectivity index (χ0v) is 15.3. The molecule has 1 saturated heterocycles. The van der Waals surface area contributed by atoms with E-state index in [4.69, 9.17) is 0 Å². The van der Waals surface area contributed by atoms with Crippen molar-refractivity contribution in [1.82, 2.24) is 4.90 Å². The normalized spacial score (nSPS) is 16.4. The van der Waals surface area contributed by atoms with Gasteiger partial charge in [0, 0.05) is 50.9 Å². The first-order valence-electron chi connectivity index (χ1n) is 9.24. The van der Waals surface area contributed by atoms with Gasteiger partial charge < -0.3 is 14.7 Å². The van der Waals surface area contributed by atoms with E-state index in [9.17, 15) is 14.0 Å². The van der Waals surface area contributed by atoms with Gasteiger partial charge in [-0.15, -0.1) is 0 Å². The van der Waals surface area contributed by atoms with E-state index in [0.29, 0.717) is 44.0 Å². The van der Waals surface area contributed by atoms with Crippen LogP contribution in [0.25, 0.3) is 0 Å². The number of nitrogens with zero attached hydrogens (tertiary/aromatic N) is 3. The molecule has 4 rings (SSSR count). The number of hydrogen-bond acceptors (Lipinski definition) is 3. The minimum atomic E-state index is -0.231. The Hall–Kier alpha value is -2.89. The number of benzene rings is 2. The summed E-state index contributed by atoms with van der Waals surface area (Å²) >= 11 is 0. The Balaban J connectivity index is 1.44. The molecule has 0 unspecified atom stereocenters. The summed E-state index contributed by atoms with van der Waals surface area (Å²) in [6, 6.07) is 12.3. The number of piperazine rings is 1. The van der Waals surface area contributed by atoms with Gasteiger partial charge in [-0.1, -0.05) is 12.1 Å². The molecule has 2 aromatic carbocycles. The molecule has 2 aliphatic rings. The first-order valence-corrected chi connectivity index (χ1v) is 9.24. The smallest absolute Gasteiger partial charge is 0.253 e. The van der Waals surface area contributed by atoms with Crippen LogP contribution in [-0.2, 0) is 11.2 Å². The van der Waals surface area contributed by atoms with E-state index >= 15 is 0 Å². The molecule has 27 heavy (non-hydrogen) atoms. The molecule has 5 nitrogen and oxygen atoms in total. The van der Waals surface area contributed by atoms with Crippen molar-refractivity contribution in [2.75, 3.05) is 42.5 Å². The molecule has 2 aromatic rings. The Bertz CT molecular complexity index is 891. The zero-order chi connectivity index (χ0) is 19.0. The van der Waals surface area contributed by atoms with E-state index in [1.807, 2.05) is 28.0 Å². The maximum atomic E-state index is 14.0. The van der Waals surface area contributed by atoms with E-state index in [1.54, 1.807) is 30.0 Å². The molecule has 0 saturated carbocycles. The van der Waals surface area contributed by atoms with Crippen molar-refractivity contribution in [2.24, 2.45) is 0 Å². The average Bonchev–Trinajstić information content (AvgIpc) is 3.11. The number of carbonyl (C=O) groups excluding carboxylic acids is 2. The molecule has 0 N–H and O–H groups in total. The molecule has 0 radical (unpaired) electrons. The maximum absolute atomic E-state index is 14.0. The predicted molar refractivity (Wildman–Crippen MR) is 103 cm³/mol. The van der Waals surface area contributed by atoms with Crippen molar-refractivity contribution in [3.8, 4) is 0 Å². The van der Waals surface area contributed by atoms with Crippen LogP contribution < -0.4 is 9.80 Å². The first-order chi connectivity index (χ1) is 13.0. The second kappa shape index (κ2) is 7.02. The number of para-hydroxylation sites is 1. The van der Waals surface area contributed by atoms with Crippen molar-refractivity contribution >= 4 is 23.2 Å². The van der Waals surface area contributed by atoms with Gasteiger partial charge in [-0.05, 0) is 42.3 Å². The van der Waals surface area contributed by atoms with Crippen LogP contribution in [-0.4, -0.2) is 49.4 Å². The minimum Gasteiger partial charge on any atom is -0.366 e. The topological polar surface area (TPSA) is 43.9 Å². The summed E-state index contributed by atoms with van der Waals surface area (Å²) in [5, 5.41) is 0. The third-order valence-corrected chi connectivity index (χ3v) is 5.36. The van der Waals surface area contributed by atoms with Crippen LogP contribution in [0, 0.1) is 5.82 Å². The molecule has 0 atom stereocenters. The van der Waals surface area contributed by atoms with Crippen molar-refractivity contribution in [1.29, 1.82) is 0 Å². The number of halogens is 1. The highest BCUT2D eigenvalue weighted by atomic mass is 19.1. The van der Waals surface area contributed by atoms with Gasteiger partial charge in [0.25, 0.3) is 5.91 Å². The highest BCUT2D eigenvalue weighted by molar-refractivity contribution is 5.98. The molecule has 140 valence electrons. The van der Waals surface area contributed by atoms with Crippen LogP contribution in [0.4, 0.5) is 15.8 Å². The minimum absolute atomic E-state index is 0.00717. The van der Waals surface area contributed by atoms with E-state index in [2.05, 4.69) is 0 Å². The number of fused-ring (bicyclic) bond motifs is 1. The largest absolute Gasteiger partial charge is 0.366 e. The Morgan fingerprint density at radius 2 is 1.67 bits per heavy atom. The highest BCUT2D eigenvalue weighted by Crippen LogP contribution is 2.29. The summed E-state index contributed by atoms with van der Waals surface area (Å²) in [5.74, 6) is -0.213. The molecule has 0 aliphatic carbocycles. The van der Waals surface area contributed by atoms with Crippen molar-refractivity contribution < 1.29 is 14.0 Å². The Morgan fingerprint density at radius 1 is 0.926 bits per heavy atom. The molecule has 2 amide bonds. The highest BCUT2D eigenvalue weighted by Gasteiger charge is 2.26. The van der Waals surface area contributed by atoms with Crippen molar-refractivity contribution in [2.45, 2.75) is 13.3 Å². The lowest BCUT2D eigenvalue weighted by Crippen LogP contribution is -2.49. The van der Waals surface area contributed by atoms with E-state index < -0.39 is 0 Å². The summed E-state index contributed by atoms with van der Waals surface area (Å²) < 4.78 is 14.0. The molecule has 2 aliphatic heterocycles. The number of hydrogen-bond donors (Lipinski definition) is 0. The van der Waals surface area contributed by atoms with Crippen LogP contribution in [0.3, 0.4) is 0 Å². The number of rotatable bonds is 2. The second-order valence-electron chi connectivity index (χ2n) is 6.99. The Labute approximate surface area is 158 Å². The summed E-state index contributed by atoms with van der Waals surface area (Å²) in [5.41, 5.74) is 3.19. The van der Waals surface area contributed by atoms with Crippen LogP contribution in [0.15, 0.2) is 42.5 Å². The fourth-order valence-electron chi connectivity index (χ4n) is 3.90. The quantitative estimate of drug-likeness (QED) is 0.820. The van der Waals surface area contributed by atoms with Crippen LogP contribution in [0.2, 0.25) is 0 Å². The molecular formula is C21H22FN3O2. The second-order valence-corrected chi connectivity index (χ2v) is 6.99. The third kappa shape index (κ3) is 3.27. The van der Waals surface area contributed by atoms with Gasteiger partial charge in [0.2, 0.25) is 5.91 Å². The lowest BCUT2D eigenvalue weighted by atomic mass is 10.1. The third-order valence-electron chi connectivity index (χ3n) is 5.36. The van der Waals surface area contributed by atoms with Gasteiger partial charge in [0.1, 0.15) is 5.82 Å². The maximum Gasteiger partial charge on any atom is 0.253 e. The number of amides is 2. The Kier molecular flexibility index (Phi) is 4.56. The van der Waals surface area contributed by atoms with Gasteiger partial charge in [0.15, 0.2) is 0 Å². The summed E-state index contributed by atoms with van der Waals surface area (Å²) in [6.45, 7) is 4.56. The lowest BCUT2D eigenvalue weighted by Gasteiger charge is -2.36. The molecule has 2 heterocycles. The molecule has 0 aromatic heterocycles. The SMILES string of the molecule is CC(=O)N1CCc2cc(C(=O)N3CCN(c4ccccc4F)CC3)ccc21. The van der Waals surface area contributed by atoms with Crippen molar-refractivity contribution in [3.05, 3.63) is 59.4 Å². The fourth-order valence-corrected chi connectivity index (χ4v) is 3.90. The van der Waals surface area contributed by atoms with E-state index in [-0.39, 0.29) is 17.6 Å². The standard InChI is InChI=1S/C21H22FN3O2/c1-15(26)25-9-8-16-14-17(6-7-19(16)25)21(27)24-12-10-23(11-13-24)20-5-3-2-4-18(20)22/h2-7,14H,8-13H2,1H3. The zero-order valence-electron chi connectivity index (χ0n) is 15.3. The monoisotopic (exact) mass is 367 g/mol. The Morgan fingerprint density at radius 3 is 2.37 bits per heavy atom. The van der Waals surface area contributed by atoms with Gasteiger partial charge in [-0.3, -0.25) is 9.59 Å². The lowest BCUT2D eigenvalue weighted by molar-refractivity contribution is -0.116. The van der Waals surface area contributed by atoms with Crippen LogP contribution >= 0.6 is 0 Å². The molecule has 0 spiro atoms.